The van der Waals surface area contributed by atoms with Crippen LogP contribution in [0.15, 0.2) is 49.1 Å². The molecule has 0 unspecified atom stereocenters. The van der Waals surface area contributed by atoms with Crippen LogP contribution in [-0.4, -0.2) is 25.9 Å². The molecule has 0 aliphatic carbocycles. The lowest BCUT2D eigenvalue weighted by Gasteiger charge is -2.25. The number of ether oxygens (including phenoxy) is 3. The fourth-order valence-corrected chi connectivity index (χ4v) is 2.17. The Bertz CT molecular complexity index is 436. The van der Waals surface area contributed by atoms with Crippen LogP contribution in [-0.2, 0) is 16.1 Å². The minimum atomic E-state index is 0.142. The summed E-state index contributed by atoms with van der Waals surface area (Å²) < 4.78 is 16.8. The topological polar surface area (TPSA) is 27.7 Å². The van der Waals surface area contributed by atoms with E-state index in [4.69, 9.17) is 14.2 Å². The Kier molecular flexibility index (Phi) is 5.84. The van der Waals surface area contributed by atoms with Crippen LogP contribution >= 0.6 is 0 Å². The van der Waals surface area contributed by atoms with Crippen LogP contribution in [0.4, 0.5) is 0 Å². The summed E-state index contributed by atoms with van der Waals surface area (Å²) in [6.45, 7) is 4.95. The molecule has 2 atom stereocenters. The zero-order valence-corrected chi connectivity index (χ0v) is 12.0. The third-order valence-corrected chi connectivity index (χ3v) is 3.25. The quantitative estimate of drug-likeness (QED) is 0.712. The number of hydrogen-bond acceptors (Lipinski definition) is 3. The number of rotatable bonds is 7. The predicted molar refractivity (Wildman–Crippen MR) is 79.9 cm³/mol. The van der Waals surface area contributed by atoms with Crippen LogP contribution in [0.5, 0.6) is 5.75 Å². The van der Waals surface area contributed by atoms with Crippen molar-refractivity contribution in [1.82, 2.24) is 0 Å². The standard InChI is InChI=1S/C17H22O3/c1-3-5-16-6-4-7-17(20-16)13-19-12-14-8-10-15(18-2)11-9-14/h3-4,6,8-11,16-17H,1,5,7,12-13H2,2H3/t16-,17+/m0/s1. The van der Waals surface area contributed by atoms with Crippen molar-refractivity contribution in [3.63, 3.8) is 0 Å². The van der Waals surface area contributed by atoms with E-state index in [0.29, 0.717) is 13.2 Å². The summed E-state index contributed by atoms with van der Waals surface area (Å²) in [6, 6.07) is 7.92. The Morgan fingerprint density at radius 1 is 1.35 bits per heavy atom. The Labute approximate surface area is 120 Å². The van der Waals surface area contributed by atoms with Gasteiger partial charge in [-0.2, -0.15) is 0 Å². The minimum absolute atomic E-state index is 0.142. The molecule has 0 fully saturated rings. The first-order valence-corrected chi connectivity index (χ1v) is 6.95. The van der Waals surface area contributed by atoms with Crippen molar-refractivity contribution in [2.75, 3.05) is 13.7 Å². The molecule has 0 saturated carbocycles. The van der Waals surface area contributed by atoms with Gasteiger partial charge in [0.1, 0.15) is 5.75 Å². The third-order valence-electron chi connectivity index (χ3n) is 3.25. The second kappa shape index (κ2) is 7.88. The van der Waals surface area contributed by atoms with E-state index in [1.807, 2.05) is 30.3 Å². The highest BCUT2D eigenvalue weighted by molar-refractivity contribution is 5.26. The van der Waals surface area contributed by atoms with Gasteiger partial charge in [0.15, 0.2) is 0 Å². The number of hydrogen-bond donors (Lipinski definition) is 0. The molecule has 1 aromatic carbocycles. The molecule has 1 aliphatic rings. The van der Waals surface area contributed by atoms with Crippen LogP contribution in [0.2, 0.25) is 0 Å². The van der Waals surface area contributed by atoms with Gasteiger partial charge in [-0.05, 0) is 30.5 Å². The van der Waals surface area contributed by atoms with Gasteiger partial charge in [-0.3, -0.25) is 0 Å². The fraction of sp³-hybridized carbons (Fsp3) is 0.412. The van der Waals surface area contributed by atoms with Crippen molar-refractivity contribution in [3.8, 4) is 5.75 Å². The first-order valence-electron chi connectivity index (χ1n) is 6.95. The second-order valence-electron chi connectivity index (χ2n) is 4.85. The van der Waals surface area contributed by atoms with Gasteiger partial charge in [0.2, 0.25) is 0 Å². The van der Waals surface area contributed by atoms with Crippen molar-refractivity contribution >= 4 is 0 Å². The smallest absolute Gasteiger partial charge is 0.118 e. The predicted octanol–water partition coefficient (Wildman–Crippen LogP) is 3.50. The van der Waals surface area contributed by atoms with E-state index < -0.39 is 0 Å². The van der Waals surface area contributed by atoms with Crippen LogP contribution < -0.4 is 4.74 Å². The van der Waals surface area contributed by atoms with E-state index in [9.17, 15) is 0 Å². The largest absolute Gasteiger partial charge is 0.497 e. The first kappa shape index (κ1) is 14.8. The normalized spacial score (nSPS) is 21.6. The zero-order valence-electron chi connectivity index (χ0n) is 12.0. The second-order valence-corrected chi connectivity index (χ2v) is 4.85. The lowest BCUT2D eigenvalue weighted by Crippen LogP contribution is -2.27. The maximum Gasteiger partial charge on any atom is 0.118 e. The fourth-order valence-electron chi connectivity index (χ4n) is 2.17. The third kappa shape index (κ3) is 4.51. The van der Waals surface area contributed by atoms with E-state index in [1.54, 1.807) is 7.11 Å². The van der Waals surface area contributed by atoms with Crippen molar-refractivity contribution in [3.05, 3.63) is 54.6 Å². The maximum absolute atomic E-state index is 5.90. The van der Waals surface area contributed by atoms with Crippen molar-refractivity contribution < 1.29 is 14.2 Å². The molecular weight excluding hydrogens is 252 g/mol. The summed E-state index contributed by atoms with van der Waals surface area (Å²) in [7, 11) is 1.67. The van der Waals surface area contributed by atoms with E-state index >= 15 is 0 Å². The molecule has 3 heteroatoms. The summed E-state index contributed by atoms with van der Waals surface area (Å²) in [6.07, 6.45) is 8.21. The molecule has 20 heavy (non-hydrogen) atoms. The summed E-state index contributed by atoms with van der Waals surface area (Å²) in [4.78, 5) is 0. The van der Waals surface area contributed by atoms with Crippen molar-refractivity contribution in [1.29, 1.82) is 0 Å². The maximum atomic E-state index is 5.90. The average molecular weight is 274 g/mol. The molecule has 2 rings (SSSR count). The van der Waals surface area contributed by atoms with Gasteiger partial charge in [-0.1, -0.05) is 30.4 Å². The average Bonchev–Trinajstić information content (AvgIpc) is 2.49. The first-order chi connectivity index (χ1) is 9.81. The zero-order chi connectivity index (χ0) is 14.2. The highest BCUT2D eigenvalue weighted by Gasteiger charge is 2.17. The molecule has 0 amide bonds. The number of methoxy groups -OCH3 is 1. The Morgan fingerprint density at radius 3 is 2.85 bits per heavy atom. The van der Waals surface area contributed by atoms with Crippen LogP contribution in [0.3, 0.4) is 0 Å². The molecule has 0 spiro atoms. The Hall–Kier alpha value is -1.58. The van der Waals surface area contributed by atoms with Gasteiger partial charge in [0.05, 0.1) is 32.5 Å². The molecule has 1 aromatic rings. The molecule has 0 N–H and O–H groups in total. The van der Waals surface area contributed by atoms with Crippen LogP contribution in [0.25, 0.3) is 0 Å². The van der Waals surface area contributed by atoms with Gasteiger partial charge in [0.25, 0.3) is 0 Å². The minimum Gasteiger partial charge on any atom is -0.497 e. The summed E-state index contributed by atoms with van der Waals surface area (Å²) in [5.74, 6) is 0.863. The summed E-state index contributed by atoms with van der Waals surface area (Å²) >= 11 is 0. The molecule has 0 saturated heterocycles. The summed E-state index contributed by atoms with van der Waals surface area (Å²) in [5.41, 5.74) is 1.14. The van der Waals surface area contributed by atoms with E-state index in [1.165, 1.54) is 0 Å². The lowest BCUT2D eigenvalue weighted by atomic mass is 10.1. The monoisotopic (exact) mass is 274 g/mol. The van der Waals surface area contributed by atoms with E-state index in [-0.39, 0.29) is 12.2 Å². The molecular formula is C17H22O3. The SMILES string of the molecule is C=CC[C@H]1C=CC[C@H](COCc2ccc(OC)cc2)O1. The molecule has 1 aliphatic heterocycles. The highest BCUT2D eigenvalue weighted by atomic mass is 16.5. The van der Waals surface area contributed by atoms with Gasteiger partial charge >= 0.3 is 0 Å². The van der Waals surface area contributed by atoms with E-state index in [2.05, 4.69) is 18.7 Å². The molecule has 0 bridgehead atoms. The molecule has 0 aromatic heterocycles. The van der Waals surface area contributed by atoms with E-state index in [0.717, 1.165) is 24.2 Å². The van der Waals surface area contributed by atoms with Gasteiger partial charge in [-0.15, -0.1) is 6.58 Å². The molecule has 108 valence electrons. The van der Waals surface area contributed by atoms with Crippen LogP contribution in [0.1, 0.15) is 18.4 Å². The Balaban J connectivity index is 1.72. The highest BCUT2D eigenvalue weighted by Crippen LogP contribution is 2.16. The molecule has 1 heterocycles. The van der Waals surface area contributed by atoms with Gasteiger partial charge in [0, 0.05) is 0 Å². The Morgan fingerprint density at radius 2 is 2.15 bits per heavy atom. The molecule has 0 radical (unpaired) electrons. The van der Waals surface area contributed by atoms with Crippen molar-refractivity contribution in [2.45, 2.75) is 31.7 Å². The van der Waals surface area contributed by atoms with Gasteiger partial charge < -0.3 is 14.2 Å². The van der Waals surface area contributed by atoms with Crippen LogP contribution in [0, 0.1) is 0 Å². The van der Waals surface area contributed by atoms with Crippen molar-refractivity contribution in [2.24, 2.45) is 0 Å². The number of benzene rings is 1. The lowest BCUT2D eigenvalue weighted by molar-refractivity contribution is -0.0481. The summed E-state index contributed by atoms with van der Waals surface area (Å²) in [5, 5.41) is 0. The molecule has 3 nitrogen and oxygen atoms in total. The van der Waals surface area contributed by atoms with Gasteiger partial charge in [-0.25, -0.2) is 0 Å².